The van der Waals surface area contributed by atoms with Crippen LogP contribution >= 0.6 is 0 Å². The van der Waals surface area contributed by atoms with E-state index in [1.165, 1.54) is 0 Å². The van der Waals surface area contributed by atoms with Gasteiger partial charge in [-0.1, -0.05) is 18.2 Å². The summed E-state index contributed by atoms with van der Waals surface area (Å²) in [5.41, 5.74) is 1.94. The van der Waals surface area contributed by atoms with Crippen molar-refractivity contribution in [3.8, 4) is 11.4 Å². The van der Waals surface area contributed by atoms with Crippen LogP contribution in [0.2, 0.25) is 0 Å². The van der Waals surface area contributed by atoms with Crippen LogP contribution in [0.5, 0.6) is 0 Å². The van der Waals surface area contributed by atoms with Crippen molar-refractivity contribution in [2.24, 2.45) is 11.8 Å². The minimum absolute atomic E-state index is 0.131. The van der Waals surface area contributed by atoms with Gasteiger partial charge in [-0.15, -0.1) is 10.2 Å². The third-order valence-electron chi connectivity index (χ3n) is 4.25. The van der Waals surface area contributed by atoms with Crippen LogP contribution in [-0.4, -0.2) is 45.3 Å². The smallest absolute Gasteiger partial charge is 0.302 e. The van der Waals surface area contributed by atoms with Crippen molar-refractivity contribution in [2.45, 2.75) is 25.6 Å². The molecule has 0 bridgehead atoms. The molecule has 1 fully saturated rings. The summed E-state index contributed by atoms with van der Waals surface area (Å²) in [7, 11) is 1.93. The molecule has 8 heteroatoms. The Hall–Kier alpha value is -1.96. The van der Waals surface area contributed by atoms with Crippen LogP contribution in [0, 0.1) is 11.8 Å². The number of aromatic nitrogens is 4. The molecule has 0 saturated heterocycles. The van der Waals surface area contributed by atoms with E-state index in [-0.39, 0.29) is 18.8 Å². The van der Waals surface area contributed by atoms with Gasteiger partial charge in [0.1, 0.15) is 0 Å². The molecule has 23 heavy (non-hydrogen) atoms. The molecule has 1 aromatic heterocycles. The van der Waals surface area contributed by atoms with Gasteiger partial charge in [-0.2, -0.15) is 18.4 Å². The molecular formula is C15H18F3N5. The second-order valence-corrected chi connectivity index (χ2v) is 6.21. The van der Waals surface area contributed by atoms with Gasteiger partial charge >= 0.3 is 6.18 Å². The van der Waals surface area contributed by atoms with Gasteiger partial charge in [0.2, 0.25) is 5.82 Å². The van der Waals surface area contributed by atoms with Crippen molar-refractivity contribution in [1.29, 1.82) is 0 Å². The topological polar surface area (TPSA) is 57.7 Å². The summed E-state index contributed by atoms with van der Waals surface area (Å²) in [6, 6.07) is 7.77. The molecule has 124 valence electrons. The fourth-order valence-electron chi connectivity index (χ4n) is 3.06. The lowest BCUT2D eigenvalue weighted by molar-refractivity contribution is -0.205. The van der Waals surface area contributed by atoms with Crippen LogP contribution in [0.1, 0.15) is 18.4 Å². The first-order chi connectivity index (χ1) is 10.9. The minimum Gasteiger partial charge on any atom is -0.302 e. The van der Waals surface area contributed by atoms with Gasteiger partial charge in [0.05, 0.1) is 5.92 Å². The zero-order valence-corrected chi connectivity index (χ0v) is 12.7. The van der Waals surface area contributed by atoms with Gasteiger partial charge in [0.15, 0.2) is 0 Å². The second-order valence-electron chi connectivity index (χ2n) is 6.21. The highest BCUT2D eigenvalue weighted by Gasteiger charge is 2.47. The average molecular weight is 325 g/mol. The highest BCUT2D eigenvalue weighted by molar-refractivity contribution is 5.54. The number of nitrogens with one attached hydrogen (secondary N) is 1. The number of halogens is 3. The normalized spacial score (nSPS) is 21.4. The maximum atomic E-state index is 12.5. The Bertz CT molecular complexity index is 635. The molecule has 5 nitrogen and oxygen atoms in total. The van der Waals surface area contributed by atoms with E-state index in [0.717, 1.165) is 11.1 Å². The lowest BCUT2D eigenvalue weighted by Gasteiger charge is -2.38. The fourth-order valence-corrected chi connectivity index (χ4v) is 3.06. The van der Waals surface area contributed by atoms with E-state index in [0.29, 0.717) is 18.9 Å². The first-order valence-corrected chi connectivity index (χ1v) is 7.50. The number of H-pyrrole nitrogens is 1. The minimum atomic E-state index is -4.03. The number of tetrazole rings is 1. The second kappa shape index (κ2) is 6.27. The third-order valence-corrected chi connectivity index (χ3v) is 4.25. The zero-order chi connectivity index (χ0) is 16.4. The standard InChI is InChI=1S/C15H18F3N5/c1-23(9-11-6-13(7-11)15(16,17)18)8-10-3-2-4-12(5-10)14-19-21-22-20-14/h2-5,11,13H,6-9H2,1H3,(H,19,20,21,22). The fraction of sp³-hybridized carbons (Fsp3) is 0.533. The SMILES string of the molecule is CN(Cc1cccc(-c2nn[nH]n2)c1)CC1CC(C(F)(F)F)C1. The summed E-state index contributed by atoms with van der Waals surface area (Å²) in [6.45, 7) is 1.36. The van der Waals surface area contributed by atoms with Crippen LogP contribution < -0.4 is 0 Å². The van der Waals surface area contributed by atoms with Crippen molar-refractivity contribution in [2.75, 3.05) is 13.6 Å². The molecule has 1 aliphatic rings. The molecule has 0 spiro atoms. The molecule has 0 radical (unpaired) electrons. The first-order valence-electron chi connectivity index (χ1n) is 7.50. The van der Waals surface area contributed by atoms with Crippen molar-refractivity contribution in [3.63, 3.8) is 0 Å². The summed E-state index contributed by atoms with van der Waals surface area (Å²) >= 11 is 0. The van der Waals surface area contributed by atoms with Gasteiger partial charge in [-0.25, -0.2) is 0 Å². The zero-order valence-electron chi connectivity index (χ0n) is 12.7. The lowest BCUT2D eigenvalue weighted by atomic mass is 9.74. The van der Waals surface area contributed by atoms with E-state index in [1.807, 2.05) is 31.3 Å². The Morgan fingerprint density at radius 3 is 2.74 bits per heavy atom. The largest absolute Gasteiger partial charge is 0.391 e. The van der Waals surface area contributed by atoms with E-state index in [9.17, 15) is 13.2 Å². The molecule has 3 rings (SSSR count). The summed E-state index contributed by atoms with van der Waals surface area (Å²) in [5, 5.41) is 13.8. The highest BCUT2D eigenvalue weighted by atomic mass is 19.4. The maximum absolute atomic E-state index is 12.5. The molecule has 1 aromatic carbocycles. The molecular weight excluding hydrogens is 307 g/mol. The molecule has 1 heterocycles. The molecule has 0 aliphatic heterocycles. The van der Waals surface area contributed by atoms with E-state index in [1.54, 1.807) is 0 Å². The summed E-state index contributed by atoms with van der Waals surface area (Å²) in [6.07, 6.45) is -3.54. The molecule has 1 N–H and O–H groups in total. The van der Waals surface area contributed by atoms with Crippen molar-refractivity contribution < 1.29 is 13.2 Å². The molecule has 0 amide bonds. The third kappa shape index (κ3) is 3.87. The quantitative estimate of drug-likeness (QED) is 0.918. The van der Waals surface area contributed by atoms with Crippen LogP contribution in [0.4, 0.5) is 13.2 Å². The number of alkyl halides is 3. The van der Waals surface area contributed by atoms with Crippen molar-refractivity contribution >= 4 is 0 Å². The molecule has 1 saturated carbocycles. The molecule has 0 unspecified atom stereocenters. The number of rotatable bonds is 5. The predicted octanol–water partition coefficient (Wildman–Crippen LogP) is 2.89. The average Bonchev–Trinajstić information content (AvgIpc) is 2.95. The van der Waals surface area contributed by atoms with Gasteiger partial charge in [0, 0.05) is 18.7 Å². The molecule has 1 aliphatic carbocycles. The van der Waals surface area contributed by atoms with E-state index in [2.05, 4.69) is 25.5 Å². The van der Waals surface area contributed by atoms with Crippen LogP contribution in [0.25, 0.3) is 11.4 Å². The molecule has 2 aromatic rings. The van der Waals surface area contributed by atoms with Gasteiger partial charge in [0.25, 0.3) is 0 Å². The van der Waals surface area contributed by atoms with E-state index < -0.39 is 12.1 Å². The highest BCUT2D eigenvalue weighted by Crippen LogP contribution is 2.44. The Balaban J connectivity index is 1.53. The molecule has 0 atom stereocenters. The summed E-state index contributed by atoms with van der Waals surface area (Å²) < 4.78 is 37.5. The number of aromatic amines is 1. The van der Waals surface area contributed by atoms with Crippen molar-refractivity contribution in [1.82, 2.24) is 25.5 Å². The Labute approximate surface area is 131 Å². The van der Waals surface area contributed by atoms with E-state index in [4.69, 9.17) is 0 Å². The number of hydrogen-bond acceptors (Lipinski definition) is 4. The summed E-state index contributed by atoms with van der Waals surface area (Å²) in [4.78, 5) is 2.06. The van der Waals surface area contributed by atoms with Gasteiger partial charge < -0.3 is 4.90 Å². The monoisotopic (exact) mass is 325 g/mol. The van der Waals surface area contributed by atoms with Gasteiger partial charge in [-0.3, -0.25) is 0 Å². The lowest BCUT2D eigenvalue weighted by Crippen LogP contribution is -2.40. The number of hydrogen-bond donors (Lipinski definition) is 1. The van der Waals surface area contributed by atoms with Crippen LogP contribution in [0.15, 0.2) is 24.3 Å². The Kier molecular flexibility index (Phi) is 4.34. The van der Waals surface area contributed by atoms with Crippen molar-refractivity contribution in [3.05, 3.63) is 29.8 Å². The van der Waals surface area contributed by atoms with Gasteiger partial charge in [-0.05, 0) is 42.7 Å². The Morgan fingerprint density at radius 1 is 1.30 bits per heavy atom. The number of benzene rings is 1. The first kappa shape index (κ1) is 15.9. The van der Waals surface area contributed by atoms with Crippen LogP contribution in [0.3, 0.4) is 0 Å². The van der Waals surface area contributed by atoms with Crippen LogP contribution in [-0.2, 0) is 6.54 Å². The summed E-state index contributed by atoms with van der Waals surface area (Å²) in [5.74, 6) is -0.448. The Morgan fingerprint density at radius 2 is 2.09 bits per heavy atom. The van der Waals surface area contributed by atoms with E-state index >= 15 is 0 Å². The predicted molar refractivity (Wildman–Crippen MR) is 78.2 cm³/mol. The number of nitrogens with zero attached hydrogens (tertiary/aromatic N) is 4. The maximum Gasteiger partial charge on any atom is 0.391 e.